The summed E-state index contributed by atoms with van der Waals surface area (Å²) in [6.45, 7) is 2.85. The van der Waals surface area contributed by atoms with Crippen molar-refractivity contribution in [1.82, 2.24) is 20.5 Å². The first-order chi connectivity index (χ1) is 10.1. The zero-order valence-corrected chi connectivity index (χ0v) is 13.2. The van der Waals surface area contributed by atoms with Crippen molar-refractivity contribution in [3.63, 3.8) is 0 Å². The van der Waals surface area contributed by atoms with Gasteiger partial charge in [-0.05, 0) is 33.2 Å². The minimum atomic E-state index is -0.209. The number of thiazole rings is 1. The maximum Gasteiger partial charge on any atom is 0.315 e. The molecule has 0 bridgehead atoms. The first-order valence-electron chi connectivity index (χ1n) is 6.69. The highest BCUT2D eigenvalue weighted by Gasteiger charge is 2.17. The Labute approximate surface area is 128 Å². The molecule has 2 rings (SSSR count). The molecule has 2 aromatic heterocycles. The monoisotopic (exact) mass is 308 g/mol. The van der Waals surface area contributed by atoms with Gasteiger partial charge in [0.15, 0.2) is 0 Å². The highest BCUT2D eigenvalue weighted by molar-refractivity contribution is 7.09. The fraction of sp³-hybridized carbons (Fsp3) is 0.429. The molecule has 2 N–H and O–H groups in total. The van der Waals surface area contributed by atoms with E-state index in [9.17, 15) is 4.79 Å². The summed E-state index contributed by atoms with van der Waals surface area (Å²) in [7, 11) is 3.90. The van der Waals surface area contributed by atoms with E-state index >= 15 is 0 Å². The molecule has 0 fully saturated rings. The van der Waals surface area contributed by atoms with E-state index in [2.05, 4.69) is 15.6 Å². The normalized spacial score (nSPS) is 12.4. The number of rotatable bonds is 6. The number of carbonyl (C=O) groups is 1. The van der Waals surface area contributed by atoms with E-state index in [0.717, 1.165) is 16.5 Å². The van der Waals surface area contributed by atoms with Crippen LogP contribution in [-0.4, -0.2) is 36.6 Å². The van der Waals surface area contributed by atoms with E-state index in [4.69, 9.17) is 4.42 Å². The molecule has 0 unspecified atom stereocenters. The molecule has 0 aliphatic carbocycles. The van der Waals surface area contributed by atoms with Gasteiger partial charge in [-0.1, -0.05) is 0 Å². The van der Waals surface area contributed by atoms with Gasteiger partial charge in [0.05, 0.1) is 29.6 Å². The van der Waals surface area contributed by atoms with E-state index in [1.54, 1.807) is 17.6 Å². The third-order valence-electron chi connectivity index (χ3n) is 3.05. The van der Waals surface area contributed by atoms with Crippen molar-refractivity contribution in [3.05, 3.63) is 40.2 Å². The van der Waals surface area contributed by atoms with Crippen LogP contribution < -0.4 is 10.6 Å². The molecule has 2 aromatic rings. The summed E-state index contributed by atoms with van der Waals surface area (Å²) in [6, 6.07) is 3.55. The molecule has 114 valence electrons. The summed E-state index contributed by atoms with van der Waals surface area (Å²) in [4.78, 5) is 18.1. The van der Waals surface area contributed by atoms with Gasteiger partial charge in [0.25, 0.3) is 0 Å². The van der Waals surface area contributed by atoms with Crippen LogP contribution in [0.2, 0.25) is 0 Å². The number of furan rings is 1. The first kappa shape index (κ1) is 15.5. The van der Waals surface area contributed by atoms with Crippen LogP contribution in [0.25, 0.3) is 0 Å². The van der Waals surface area contributed by atoms with Crippen molar-refractivity contribution >= 4 is 17.4 Å². The van der Waals surface area contributed by atoms with Gasteiger partial charge in [-0.3, -0.25) is 4.90 Å². The first-order valence-corrected chi connectivity index (χ1v) is 7.56. The van der Waals surface area contributed by atoms with Gasteiger partial charge in [0.1, 0.15) is 5.76 Å². The number of hydrogen-bond donors (Lipinski definition) is 2. The molecule has 6 nitrogen and oxygen atoms in total. The second kappa shape index (κ2) is 7.24. The van der Waals surface area contributed by atoms with Crippen LogP contribution in [0.15, 0.2) is 28.2 Å². The van der Waals surface area contributed by atoms with Gasteiger partial charge < -0.3 is 15.1 Å². The molecule has 1 atom stereocenters. The predicted octanol–water partition coefficient (Wildman–Crippen LogP) is 2.15. The van der Waals surface area contributed by atoms with Gasteiger partial charge in [0.2, 0.25) is 0 Å². The Balaban J connectivity index is 1.79. The molecule has 0 spiro atoms. The molecule has 0 saturated carbocycles. The lowest BCUT2D eigenvalue weighted by atomic mass is 10.2. The van der Waals surface area contributed by atoms with E-state index < -0.39 is 0 Å². The number of likely N-dealkylation sites (N-methyl/N-ethyl adjacent to an activating group) is 1. The molecule has 7 heteroatoms. The van der Waals surface area contributed by atoms with Crippen LogP contribution in [0.1, 0.15) is 22.5 Å². The Morgan fingerprint density at radius 1 is 1.48 bits per heavy atom. The molecular formula is C14H20N4O2S. The predicted molar refractivity (Wildman–Crippen MR) is 82.2 cm³/mol. The van der Waals surface area contributed by atoms with Crippen LogP contribution in [0.4, 0.5) is 4.79 Å². The number of aryl methyl sites for hydroxylation is 1. The lowest BCUT2D eigenvalue weighted by Crippen LogP contribution is -2.40. The third kappa shape index (κ3) is 4.57. The summed E-state index contributed by atoms with van der Waals surface area (Å²) in [5.74, 6) is 0.829. The zero-order chi connectivity index (χ0) is 15.2. The fourth-order valence-corrected chi connectivity index (χ4v) is 2.54. The summed E-state index contributed by atoms with van der Waals surface area (Å²) < 4.78 is 5.40. The Bertz CT molecular complexity index is 565. The van der Waals surface area contributed by atoms with Crippen molar-refractivity contribution in [2.24, 2.45) is 0 Å². The van der Waals surface area contributed by atoms with Crippen LogP contribution in [-0.2, 0) is 6.54 Å². The molecule has 0 aliphatic rings. The number of carbonyl (C=O) groups excluding carboxylic acids is 1. The second-order valence-corrected chi connectivity index (χ2v) is 5.98. The van der Waals surface area contributed by atoms with Crippen LogP contribution in [0.3, 0.4) is 0 Å². The topological polar surface area (TPSA) is 70.4 Å². The number of urea groups is 1. The quantitative estimate of drug-likeness (QED) is 0.858. The third-order valence-corrected chi connectivity index (χ3v) is 3.87. The van der Waals surface area contributed by atoms with Crippen molar-refractivity contribution in [2.75, 3.05) is 20.6 Å². The number of hydrogen-bond acceptors (Lipinski definition) is 5. The van der Waals surface area contributed by atoms with E-state index in [1.807, 2.05) is 43.4 Å². The maximum atomic E-state index is 11.8. The van der Waals surface area contributed by atoms with E-state index in [1.165, 1.54) is 0 Å². The summed E-state index contributed by atoms with van der Waals surface area (Å²) in [5, 5.41) is 8.59. The molecule has 21 heavy (non-hydrogen) atoms. The lowest BCUT2D eigenvalue weighted by Gasteiger charge is -2.22. The number of aromatic nitrogens is 1. The van der Waals surface area contributed by atoms with Crippen LogP contribution >= 0.6 is 11.3 Å². The van der Waals surface area contributed by atoms with Gasteiger partial charge in [-0.15, -0.1) is 11.3 Å². The highest BCUT2D eigenvalue weighted by Crippen LogP contribution is 2.17. The van der Waals surface area contributed by atoms with Crippen molar-refractivity contribution < 1.29 is 9.21 Å². The van der Waals surface area contributed by atoms with Crippen molar-refractivity contribution in [1.29, 1.82) is 0 Å². The zero-order valence-electron chi connectivity index (χ0n) is 12.4. The minimum absolute atomic E-state index is 0.00673. The Morgan fingerprint density at radius 2 is 2.29 bits per heavy atom. The Morgan fingerprint density at radius 3 is 2.86 bits per heavy atom. The standard InChI is InChI=1S/C14H20N4O2S/c1-10-17-11(9-21-10)7-15-14(19)16-8-12(18(2)3)13-5-4-6-20-13/h4-6,9,12H,7-8H2,1-3H3,(H2,15,16,19)/t12-/m1/s1. The molecule has 2 heterocycles. The fourth-order valence-electron chi connectivity index (χ4n) is 1.93. The molecule has 0 saturated heterocycles. The van der Waals surface area contributed by atoms with Gasteiger partial charge in [0, 0.05) is 11.9 Å². The summed E-state index contributed by atoms with van der Waals surface area (Å²) in [6.07, 6.45) is 1.64. The maximum absolute atomic E-state index is 11.8. The molecule has 2 amide bonds. The van der Waals surface area contributed by atoms with Crippen LogP contribution in [0, 0.1) is 6.92 Å². The lowest BCUT2D eigenvalue weighted by molar-refractivity contribution is 0.225. The molecular weight excluding hydrogens is 288 g/mol. The Hall–Kier alpha value is -1.86. The van der Waals surface area contributed by atoms with Crippen LogP contribution in [0.5, 0.6) is 0 Å². The summed E-state index contributed by atoms with van der Waals surface area (Å²) in [5.41, 5.74) is 0.878. The smallest absolute Gasteiger partial charge is 0.315 e. The molecule has 0 aromatic carbocycles. The van der Waals surface area contributed by atoms with Gasteiger partial charge >= 0.3 is 6.03 Å². The van der Waals surface area contributed by atoms with E-state index in [-0.39, 0.29) is 12.1 Å². The minimum Gasteiger partial charge on any atom is -0.468 e. The van der Waals surface area contributed by atoms with E-state index in [0.29, 0.717) is 13.1 Å². The number of nitrogens with zero attached hydrogens (tertiary/aromatic N) is 2. The summed E-state index contributed by atoms with van der Waals surface area (Å²) >= 11 is 1.57. The molecule has 0 aliphatic heterocycles. The number of amides is 2. The van der Waals surface area contributed by atoms with Crippen molar-refractivity contribution in [2.45, 2.75) is 19.5 Å². The Kier molecular flexibility index (Phi) is 5.35. The van der Waals surface area contributed by atoms with Gasteiger partial charge in [-0.2, -0.15) is 0 Å². The van der Waals surface area contributed by atoms with Gasteiger partial charge in [-0.25, -0.2) is 9.78 Å². The van der Waals surface area contributed by atoms with Crippen molar-refractivity contribution in [3.8, 4) is 0 Å². The average molecular weight is 308 g/mol. The SMILES string of the molecule is Cc1nc(CNC(=O)NC[C@H](c2ccco2)N(C)C)cs1. The highest BCUT2D eigenvalue weighted by atomic mass is 32.1. The average Bonchev–Trinajstić information content (AvgIpc) is 3.08. The number of nitrogens with one attached hydrogen (secondary N) is 2. The molecule has 0 radical (unpaired) electrons. The second-order valence-electron chi connectivity index (χ2n) is 4.92. The largest absolute Gasteiger partial charge is 0.468 e.